The minimum absolute atomic E-state index is 0.0268. The number of carbonyl (C=O) groups is 2. The number of carbonyl (C=O) groups excluding carboxylic acids is 2. The van der Waals surface area contributed by atoms with Crippen LogP contribution in [0.3, 0.4) is 0 Å². The van der Waals surface area contributed by atoms with Gasteiger partial charge in [-0.15, -0.1) is 10.2 Å². The predicted octanol–water partition coefficient (Wildman–Crippen LogP) is 6.83. The molecule has 0 fully saturated rings. The Labute approximate surface area is 250 Å². The van der Waals surface area contributed by atoms with E-state index in [0.29, 0.717) is 12.1 Å². The number of rotatable bonds is 7. The Morgan fingerprint density at radius 2 is 1.60 bits per heavy atom. The number of amides is 2. The maximum absolute atomic E-state index is 13.7. The van der Waals surface area contributed by atoms with E-state index in [-0.39, 0.29) is 35.0 Å². The molecule has 1 N–H and O–H groups in total. The van der Waals surface area contributed by atoms with Crippen molar-refractivity contribution < 1.29 is 49.5 Å². The van der Waals surface area contributed by atoms with Crippen LogP contribution in [0.4, 0.5) is 47.0 Å². The summed E-state index contributed by atoms with van der Waals surface area (Å²) in [5.41, 5.74) is -4.54. The first-order chi connectivity index (χ1) is 20.9. The van der Waals surface area contributed by atoms with Crippen molar-refractivity contribution in [2.24, 2.45) is 0 Å². The molecule has 4 aromatic rings. The summed E-state index contributed by atoms with van der Waals surface area (Å²) < 4.78 is 105. The van der Waals surface area contributed by atoms with Crippen LogP contribution in [0.5, 0.6) is 0 Å². The van der Waals surface area contributed by atoms with E-state index in [9.17, 15) is 40.3 Å². The molecule has 0 aliphatic rings. The maximum Gasteiger partial charge on any atom is 0.416 e. The molecule has 2 heterocycles. The summed E-state index contributed by atoms with van der Waals surface area (Å²) in [6.07, 6.45) is -9.61. The summed E-state index contributed by atoms with van der Waals surface area (Å²) in [6.45, 7) is 4.51. The van der Waals surface area contributed by atoms with Crippen LogP contribution in [0.2, 0.25) is 0 Å². The van der Waals surface area contributed by atoms with Crippen LogP contribution in [-0.2, 0) is 34.8 Å². The average Bonchev–Trinajstić information content (AvgIpc) is 3.39. The molecule has 238 valence electrons. The van der Waals surface area contributed by atoms with E-state index in [4.69, 9.17) is 9.15 Å². The third-order valence-electron chi connectivity index (χ3n) is 5.78. The fraction of sp³-hybridized carbons (Fsp3) is 0.286. The number of hydrogen-bond acceptors (Lipinski definition) is 8. The van der Waals surface area contributed by atoms with Gasteiger partial charge in [-0.3, -0.25) is 10.1 Å². The highest BCUT2D eigenvalue weighted by atomic mass is 19.4. The molecule has 4 rings (SSSR count). The Kier molecular flexibility index (Phi) is 9.11. The van der Waals surface area contributed by atoms with Crippen molar-refractivity contribution >= 4 is 23.5 Å². The molecule has 0 radical (unpaired) electrons. The van der Waals surface area contributed by atoms with Crippen LogP contribution in [0.15, 0.2) is 59.3 Å². The van der Waals surface area contributed by atoms with E-state index < -0.39 is 65.4 Å². The smallest absolute Gasteiger partial charge is 0.416 e. The molecule has 17 heteroatoms. The third kappa shape index (κ3) is 8.73. The second kappa shape index (κ2) is 12.5. The molecule has 10 nitrogen and oxygen atoms in total. The zero-order chi connectivity index (χ0) is 33.2. The van der Waals surface area contributed by atoms with Crippen molar-refractivity contribution in [1.82, 2.24) is 20.2 Å². The number of nitrogens with zero attached hydrogens (tertiary/aromatic N) is 5. The van der Waals surface area contributed by atoms with Crippen LogP contribution >= 0.6 is 0 Å². The molecule has 0 aliphatic carbocycles. The number of benzene rings is 2. The summed E-state index contributed by atoms with van der Waals surface area (Å²) in [4.78, 5) is 34.3. The lowest BCUT2D eigenvalue weighted by molar-refractivity contribution is -0.143. The lowest BCUT2D eigenvalue weighted by atomic mass is 10.00. The molecule has 0 aliphatic heterocycles. The fourth-order valence-electron chi connectivity index (χ4n) is 3.84. The van der Waals surface area contributed by atoms with Gasteiger partial charge >= 0.3 is 18.4 Å². The van der Waals surface area contributed by atoms with Gasteiger partial charge in [-0.1, -0.05) is 6.07 Å². The van der Waals surface area contributed by atoms with Gasteiger partial charge in [0.2, 0.25) is 11.8 Å². The van der Waals surface area contributed by atoms with Gasteiger partial charge in [-0.2, -0.15) is 26.3 Å². The van der Waals surface area contributed by atoms with E-state index in [1.165, 1.54) is 24.5 Å². The first-order valence-corrected chi connectivity index (χ1v) is 12.9. The number of alkyl halides is 6. The molecule has 45 heavy (non-hydrogen) atoms. The number of anilines is 2. The largest absolute Gasteiger partial charge is 0.444 e. The van der Waals surface area contributed by atoms with E-state index >= 15 is 0 Å². The van der Waals surface area contributed by atoms with E-state index in [1.54, 1.807) is 20.8 Å². The van der Waals surface area contributed by atoms with Gasteiger partial charge < -0.3 is 14.1 Å². The Morgan fingerprint density at radius 1 is 0.911 bits per heavy atom. The SMILES string of the molecule is CC(C)(C)OC(=O)Nc1cnc(-c2nnc(CN(C(=O)Cc3ccc(C(F)(F)F)cc3C(F)(F)F)c3ccc(F)cc3)o2)cn1. The maximum atomic E-state index is 13.7. The summed E-state index contributed by atoms with van der Waals surface area (Å²) in [5, 5.41) is 10.0. The average molecular weight is 641 g/mol. The monoisotopic (exact) mass is 640 g/mol. The first-order valence-electron chi connectivity index (χ1n) is 12.9. The van der Waals surface area contributed by atoms with Crippen molar-refractivity contribution in [2.75, 3.05) is 10.2 Å². The number of aromatic nitrogens is 4. The number of halogens is 7. The van der Waals surface area contributed by atoms with Gasteiger partial charge in [0.25, 0.3) is 5.89 Å². The molecule has 0 unspecified atom stereocenters. The van der Waals surface area contributed by atoms with Crippen molar-refractivity contribution in [3.63, 3.8) is 0 Å². The Balaban J connectivity index is 1.57. The van der Waals surface area contributed by atoms with E-state index in [1.807, 2.05) is 0 Å². The second-order valence-corrected chi connectivity index (χ2v) is 10.4. The van der Waals surface area contributed by atoms with Crippen LogP contribution in [0.25, 0.3) is 11.6 Å². The molecular formula is C28H23F7N6O4. The highest BCUT2D eigenvalue weighted by molar-refractivity contribution is 5.94. The van der Waals surface area contributed by atoms with Gasteiger partial charge in [0.15, 0.2) is 5.82 Å². The van der Waals surface area contributed by atoms with Gasteiger partial charge in [0.1, 0.15) is 23.7 Å². The Bertz CT molecular complexity index is 1670. The van der Waals surface area contributed by atoms with Crippen LogP contribution in [0, 0.1) is 5.82 Å². The van der Waals surface area contributed by atoms with Crippen LogP contribution in [0.1, 0.15) is 43.4 Å². The molecule has 0 atom stereocenters. The van der Waals surface area contributed by atoms with E-state index in [0.717, 1.165) is 17.0 Å². The second-order valence-electron chi connectivity index (χ2n) is 10.4. The van der Waals surface area contributed by atoms with Gasteiger partial charge in [0, 0.05) is 5.69 Å². The van der Waals surface area contributed by atoms with E-state index in [2.05, 4.69) is 25.5 Å². The quantitative estimate of drug-likeness (QED) is 0.218. The zero-order valence-corrected chi connectivity index (χ0v) is 23.6. The minimum atomic E-state index is -5.20. The van der Waals surface area contributed by atoms with Crippen LogP contribution in [-0.4, -0.2) is 37.8 Å². The molecule has 2 amide bonds. The fourth-order valence-corrected chi connectivity index (χ4v) is 3.84. The summed E-state index contributed by atoms with van der Waals surface area (Å²) in [6, 6.07) is 5.29. The molecule has 0 spiro atoms. The summed E-state index contributed by atoms with van der Waals surface area (Å²) >= 11 is 0. The first kappa shape index (κ1) is 32.8. The Morgan fingerprint density at radius 3 is 2.18 bits per heavy atom. The topological polar surface area (TPSA) is 123 Å². The van der Waals surface area contributed by atoms with Gasteiger partial charge in [0.05, 0.1) is 29.9 Å². The van der Waals surface area contributed by atoms with Gasteiger partial charge in [-0.25, -0.2) is 19.2 Å². The van der Waals surface area contributed by atoms with Crippen molar-refractivity contribution in [2.45, 2.75) is 51.7 Å². The predicted molar refractivity (Wildman–Crippen MR) is 143 cm³/mol. The Hall–Kier alpha value is -5.09. The van der Waals surface area contributed by atoms with Gasteiger partial charge in [-0.05, 0) is 62.7 Å². The third-order valence-corrected chi connectivity index (χ3v) is 5.78. The number of ether oxygens (including phenoxy) is 1. The summed E-state index contributed by atoms with van der Waals surface area (Å²) in [7, 11) is 0. The minimum Gasteiger partial charge on any atom is -0.444 e. The molecule has 0 saturated carbocycles. The number of hydrogen-bond donors (Lipinski definition) is 1. The molecule has 2 aromatic carbocycles. The highest BCUT2D eigenvalue weighted by Gasteiger charge is 2.38. The summed E-state index contributed by atoms with van der Waals surface area (Å²) in [5.74, 6) is -2.01. The number of nitrogens with one attached hydrogen (secondary N) is 1. The lowest BCUT2D eigenvalue weighted by Crippen LogP contribution is -2.32. The van der Waals surface area contributed by atoms with Crippen molar-refractivity contribution in [3.8, 4) is 11.6 Å². The molecule has 0 saturated heterocycles. The lowest BCUT2D eigenvalue weighted by Gasteiger charge is -2.23. The molecular weight excluding hydrogens is 617 g/mol. The zero-order valence-electron chi connectivity index (χ0n) is 23.6. The van der Waals surface area contributed by atoms with Crippen molar-refractivity contribution in [1.29, 1.82) is 0 Å². The highest BCUT2D eigenvalue weighted by Crippen LogP contribution is 2.38. The van der Waals surface area contributed by atoms with Crippen molar-refractivity contribution in [3.05, 3.63) is 83.3 Å². The molecule has 0 bridgehead atoms. The standard InChI is InChI=1S/C28H23F7N6O4/c1-26(2,3)45-25(43)38-21-13-36-20(12-37-21)24-40-39-22(44-24)14-41(18-8-6-17(29)7-9-18)23(42)10-15-4-5-16(27(30,31)32)11-19(15)28(33,34)35/h4-9,11-13H,10,14H2,1-3H3,(H,37,38,43). The molecule has 2 aromatic heterocycles. The normalized spacial score (nSPS) is 12.1. The van der Waals surface area contributed by atoms with Crippen LogP contribution < -0.4 is 10.2 Å².